The van der Waals surface area contributed by atoms with Gasteiger partial charge in [-0.1, -0.05) is 0 Å². The number of hydrogen-bond donors (Lipinski definition) is 2. The van der Waals surface area contributed by atoms with E-state index in [-0.39, 0.29) is 5.54 Å². The lowest BCUT2D eigenvalue weighted by Crippen LogP contribution is -2.48. The van der Waals surface area contributed by atoms with Gasteiger partial charge >= 0.3 is 0 Å². The van der Waals surface area contributed by atoms with Gasteiger partial charge in [-0.2, -0.15) is 0 Å². The molecule has 2 aliphatic heterocycles. The van der Waals surface area contributed by atoms with Gasteiger partial charge in [-0.15, -0.1) is 0 Å². The SMILES string of the molecule is CNC1COCC1CNC1(C)CCOC1. The fourth-order valence-corrected chi connectivity index (χ4v) is 2.30. The Labute approximate surface area is 91.7 Å². The van der Waals surface area contributed by atoms with Crippen LogP contribution in [0.3, 0.4) is 0 Å². The van der Waals surface area contributed by atoms with Gasteiger partial charge in [0.2, 0.25) is 0 Å². The van der Waals surface area contributed by atoms with Crippen molar-refractivity contribution in [3.05, 3.63) is 0 Å². The van der Waals surface area contributed by atoms with E-state index in [1.54, 1.807) is 0 Å². The Hall–Kier alpha value is -0.160. The summed E-state index contributed by atoms with van der Waals surface area (Å²) in [6, 6.07) is 0.503. The number of likely N-dealkylation sites (N-methyl/N-ethyl adjacent to an activating group) is 1. The van der Waals surface area contributed by atoms with Crippen LogP contribution in [0.15, 0.2) is 0 Å². The molecule has 0 aromatic heterocycles. The monoisotopic (exact) mass is 214 g/mol. The lowest BCUT2D eigenvalue weighted by atomic mass is 9.98. The van der Waals surface area contributed by atoms with E-state index in [4.69, 9.17) is 9.47 Å². The van der Waals surface area contributed by atoms with E-state index in [1.807, 2.05) is 7.05 Å². The van der Waals surface area contributed by atoms with Crippen LogP contribution in [0.2, 0.25) is 0 Å². The number of nitrogens with one attached hydrogen (secondary N) is 2. The number of ether oxygens (including phenoxy) is 2. The zero-order valence-electron chi connectivity index (χ0n) is 9.71. The lowest BCUT2D eigenvalue weighted by Gasteiger charge is -2.27. The Kier molecular flexibility index (Phi) is 3.61. The van der Waals surface area contributed by atoms with E-state index in [1.165, 1.54) is 0 Å². The van der Waals surface area contributed by atoms with Gasteiger partial charge in [-0.05, 0) is 20.4 Å². The molecule has 2 aliphatic rings. The highest BCUT2D eigenvalue weighted by atomic mass is 16.5. The predicted molar refractivity (Wildman–Crippen MR) is 59.0 cm³/mol. The highest BCUT2D eigenvalue weighted by Crippen LogP contribution is 2.19. The minimum absolute atomic E-state index is 0.181. The second-order valence-electron chi connectivity index (χ2n) is 4.94. The van der Waals surface area contributed by atoms with Gasteiger partial charge in [0.15, 0.2) is 0 Å². The van der Waals surface area contributed by atoms with Crippen LogP contribution in [-0.4, -0.2) is 51.6 Å². The first-order valence-electron chi connectivity index (χ1n) is 5.81. The molecule has 0 aliphatic carbocycles. The zero-order chi connectivity index (χ0) is 10.7. The summed E-state index contributed by atoms with van der Waals surface area (Å²) < 4.78 is 10.9. The maximum absolute atomic E-state index is 5.47. The Morgan fingerprint density at radius 2 is 2.20 bits per heavy atom. The third-order valence-corrected chi connectivity index (χ3v) is 3.58. The Balaban J connectivity index is 1.77. The molecule has 0 aromatic carbocycles. The maximum Gasteiger partial charge on any atom is 0.0646 e. The molecular weight excluding hydrogens is 192 g/mol. The fourth-order valence-electron chi connectivity index (χ4n) is 2.30. The van der Waals surface area contributed by atoms with Gasteiger partial charge in [-0.3, -0.25) is 0 Å². The summed E-state index contributed by atoms with van der Waals surface area (Å²) in [6.07, 6.45) is 1.12. The van der Waals surface area contributed by atoms with E-state index >= 15 is 0 Å². The molecule has 2 rings (SSSR count). The largest absolute Gasteiger partial charge is 0.379 e. The van der Waals surface area contributed by atoms with Gasteiger partial charge in [0.25, 0.3) is 0 Å². The second-order valence-corrected chi connectivity index (χ2v) is 4.94. The van der Waals surface area contributed by atoms with E-state index in [0.717, 1.165) is 39.4 Å². The van der Waals surface area contributed by atoms with Crippen LogP contribution < -0.4 is 10.6 Å². The van der Waals surface area contributed by atoms with Crippen molar-refractivity contribution < 1.29 is 9.47 Å². The van der Waals surface area contributed by atoms with Crippen molar-refractivity contribution in [2.75, 3.05) is 40.0 Å². The first kappa shape index (κ1) is 11.3. The van der Waals surface area contributed by atoms with Crippen LogP contribution in [0.4, 0.5) is 0 Å². The van der Waals surface area contributed by atoms with Crippen molar-refractivity contribution in [2.45, 2.75) is 24.9 Å². The van der Waals surface area contributed by atoms with Gasteiger partial charge in [0.05, 0.1) is 19.8 Å². The van der Waals surface area contributed by atoms with Crippen LogP contribution in [0.1, 0.15) is 13.3 Å². The summed E-state index contributed by atoms with van der Waals surface area (Å²) in [6.45, 7) is 6.70. The second kappa shape index (κ2) is 4.78. The number of rotatable bonds is 4. The molecule has 0 spiro atoms. The maximum atomic E-state index is 5.47. The molecule has 3 atom stereocenters. The predicted octanol–water partition coefficient (Wildman–Crippen LogP) is -0.0106. The summed E-state index contributed by atoms with van der Waals surface area (Å²) in [5.74, 6) is 0.590. The molecule has 0 amide bonds. The Morgan fingerprint density at radius 1 is 1.33 bits per heavy atom. The zero-order valence-corrected chi connectivity index (χ0v) is 9.71. The summed E-state index contributed by atoms with van der Waals surface area (Å²) in [7, 11) is 2.01. The van der Waals surface area contributed by atoms with E-state index in [2.05, 4.69) is 17.6 Å². The first-order chi connectivity index (χ1) is 7.23. The average molecular weight is 214 g/mol. The highest BCUT2D eigenvalue weighted by Gasteiger charge is 2.32. The van der Waals surface area contributed by atoms with Crippen molar-refractivity contribution >= 4 is 0 Å². The van der Waals surface area contributed by atoms with Crippen molar-refractivity contribution in [3.63, 3.8) is 0 Å². The van der Waals surface area contributed by atoms with E-state index in [9.17, 15) is 0 Å². The van der Waals surface area contributed by atoms with Crippen molar-refractivity contribution in [3.8, 4) is 0 Å². The molecule has 88 valence electrons. The van der Waals surface area contributed by atoms with Crippen molar-refractivity contribution in [2.24, 2.45) is 5.92 Å². The molecule has 0 bridgehead atoms. The normalized spacial score (nSPS) is 41.2. The summed E-state index contributed by atoms with van der Waals surface area (Å²) in [5.41, 5.74) is 0.181. The minimum atomic E-state index is 0.181. The first-order valence-corrected chi connectivity index (χ1v) is 5.81. The number of hydrogen-bond acceptors (Lipinski definition) is 4. The van der Waals surface area contributed by atoms with E-state index in [0.29, 0.717) is 12.0 Å². The Bertz CT molecular complexity index is 205. The molecule has 0 radical (unpaired) electrons. The van der Waals surface area contributed by atoms with Gasteiger partial charge < -0.3 is 20.1 Å². The molecule has 3 unspecified atom stereocenters. The molecule has 2 saturated heterocycles. The van der Waals surface area contributed by atoms with Gasteiger partial charge in [0.1, 0.15) is 0 Å². The molecule has 2 N–H and O–H groups in total. The molecule has 0 saturated carbocycles. The van der Waals surface area contributed by atoms with Crippen LogP contribution >= 0.6 is 0 Å². The van der Waals surface area contributed by atoms with Gasteiger partial charge in [-0.25, -0.2) is 0 Å². The molecule has 2 heterocycles. The fraction of sp³-hybridized carbons (Fsp3) is 1.00. The van der Waals surface area contributed by atoms with Crippen LogP contribution in [-0.2, 0) is 9.47 Å². The highest BCUT2D eigenvalue weighted by molar-refractivity contribution is 4.90. The van der Waals surface area contributed by atoms with Crippen LogP contribution in [0, 0.1) is 5.92 Å². The van der Waals surface area contributed by atoms with Crippen LogP contribution in [0.5, 0.6) is 0 Å². The molecule has 0 aromatic rings. The molecule has 2 fully saturated rings. The third-order valence-electron chi connectivity index (χ3n) is 3.58. The molecular formula is C11H22N2O2. The van der Waals surface area contributed by atoms with Crippen LogP contribution in [0.25, 0.3) is 0 Å². The standard InChI is InChI=1S/C11H22N2O2/c1-11(3-4-14-8-11)13-5-9-6-15-7-10(9)12-2/h9-10,12-13H,3-8H2,1-2H3. The minimum Gasteiger partial charge on any atom is -0.379 e. The molecule has 4 heteroatoms. The average Bonchev–Trinajstić information content (AvgIpc) is 2.84. The van der Waals surface area contributed by atoms with E-state index < -0.39 is 0 Å². The molecule has 4 nitrogen and oxygen atoms in total. The quantitative estimate of drug-likeness (QED) is 0.691. The Morgan fingerprint density at radius 3 is 2.87 bits per heavy atom. The lowest BCUT2D eigenvalue weighted by molar-refractivity contribution is 0.164. The van der Waals surface area contributed by atoms with Crippen molar-refractivity contribution in [1.29, 1.82) is 0 Å². The molecule has 15 heavy (non-hydrogen) atoms. The van der Waals surface area contributed by atoms with Gasteiger partial charge in [0, 0.05) is 30.7 Å². The topological polar surface area (TPSA) is 42.5 Å². The third kappa shape index (κ3) is 2.69. The summed E-state index contributed by atoms with van der Waals surface area (Å²) in [4.78, 5) is 0. The van der Waals surface area contributed by atoms with Crippen molar-refractivity contribution in [1.82, 2.24) is 10.6 Å². The summed E-state index contributed by atoms with van der Waals surface area (Å²) in [5, 5.41) is 6.92. The smallest absolute Gasteiger partial charge is 0.0646 e. The summed E-state index contributed by atoms with van der Waals surface area (Å²) >= 11 is 0.